The molecule has 5 atom stereocenters. The topological polar surface area (TPSA) is 302 Å². The molecule has 0 radical (unpaired) electrons. The molecular weight excluding hydrogens is 889 g/mol. The molecule has 0 amide bonds. The number of aliphatic hydroxyl groups excluding tert-OH is 7. The van der Waals surface area contributed by atoms with Crippen molar-refractivity contribution in [1.29, 1.82) is 0 Å². The Bertz CT molecular complexity index is 1790. The molecular formula is C54H82O15-4. The molecule has 4 aromatic rings. The van der Waals surface area contributed by atoms with Crippen LogP contribution in [0.15, 0.2) is 103 Å². The highest BCUT2D eigenvalue weighted by molar-refractivity contribution is 5.71. The van der Waals surface area contributed by atoms with Gasteiger partial charge in [0.1, 0.15) is 0 Å². The van der Waals surface area contributed by atoms with Gasteiger partial charge in [0, 0.05) is 38.4 Å². The lowest BCUT2D eigenvalue weighted by atomic mass is 10.00. The van der Waals surface area contributed by atoms with Gasteiger partial charge in [0.15, 0.2) is 0 Å². The third kappa shape index (κ3) is 43.5. The summed E-state index contributed by atoms with van der Waals surface area (Å²) in [5, 5.41) is 101. The number of hydrogen-bond donors (Lipinski definition) is 7. The Kier molecular flexibility index (Phi) is 44.7. The summed E-state index contributed by atoms with van der Waals surface area (Å²) in [5.74, 6) is -4.65. The van der Waals surface area contributed by atoms with E-state index in [1.54, 1.807) is 69.3 Å². The van der Waals surface area contributed by atoms with Crippen molar-refractivity contribution in [2.75, 3.05) is 6.61 Å². The summed E-state index contributed by atoms with van der Waals surface area (Å²) in [6.07, 6.45) is -4.64. The zero-order valence-corrected chi connectivity index (χ0v) is 40.6. The van der Waals surface area contributed by atoms with Gasteiger partial charge < -0.3 is 75.3 Å². The van der Waals surface area contributed by atoms with Crippen molar-refractivity contribution >= 4 is 23.9 Å². The van der Waals surface area contributed by atoms with Crippen LogP contribution in [-0.2, 0) is 44.9 Å². The molecule has 4 rings (SSSR count). The second-order valence-electron chi connectivity index (χ2n) is 16.4. The van der Waals surface area contributed by atoms with Crippen LogP contribution in [0.2, 0.25) is 0 Å². The molecule has 0 aliphatic rings. The minimum absolute atomic E-state index is 0. The molecule has 0 heterocycles. The first-order valence-electron chi connectivity index (χ1n) is 21.9. The maximum atomic E-state index is 10.3. The number of aliphatic hydroxyl groups is 7. The summed E-state index contributed by atoms with van der Waals surface area (Å²) in [5.41, 5.74) is 6.58. The molecule has 0 spiro atoms. The molecule has 0 aliphatic heterocycles. The molecule has 0 bridgehead atoms. The van der Waals surface area contributed by atoms with E-state index in [1.165, 1.54) is 5.56 Å². The van der Waals surface area contributed by atoms with E-state index < -0.39 is 48.3 Å². The van der Waals surface area contributed by atoms with Crippen LogP contribution in [0.5, 0.6) is 0 Å². The van der Waals surface area contributed by atoms with Gasteiger partial charge in [0.05, 0.1) is 54.4 Å². The number of carbonyl (C=O) groups is 4. The summed E-state index contributed by atoms with van der Waals surface area (Å²) in [4.78, 5) is 40.9. The van der Waals surface area contributed by atoms with E-state index in [1.807, 2.05) is 75.4 Å². The Morgan fingerprint density at radius 3 is 0.870 bits per heavy atom. The van der Waals surface area contributed by atoms with Crippen molar-refractivity contribution in [3.05, 3.63) is 142 Å². The average molecular weight is 971 g/mol. The number of rotatable bonds is 15. The zero-order chi connectivity index (χ0) is 52.2. The summed E-state index contributed by atoms with van der Waals surface area (Å²) in [6.45, 7) is 19.5. The summed E-state index contributed by atoms with van der Waals surface area (Å²) in [6, 6.07) is 31.1. The number of benzene rings is 4. The van der Waals surface area contributed by atoms with Gasteiger partial charge in [-0.25, -0.2) is 0 Å². The predicted molar refractivity (Wildman–Crippen MR) is 263 cm³/mol. The molecule has 0 unspecified atom stereocenters. The molecule has 0 saturated carbocycles. The smallest absolute Gasteiger partial charge is 0.0973 e. The van der Waals surface area contributed by atoms with E-state index in [9.17, 15) is 39.6 Å². The van der Waals surface area contributed by atoms with Crippen LogP contribution in [0.3, 0.4) is 0 Å². The van der Waals surface area contributed by atoms with Crippen LogP contribution in [0.1, 0.15) is 122 Å². The van der Waals surface area contributed by atoms with E-state index in [0.29, 0.717) is 11.8 Å². The zero-order valence-electron chi connectivity index (χ0n) is 40.6. The van der Waals surface area contributed by atoms with Gasteiger partial charge in [-0.15, -0.1) is 0 Å². The Balaban J connectivity index is -0.000000240. The Hall–Kier alpha value is -5.52. The van der Waals surface area contributed by atoms with Crippen molar-refractivity contribution in [3.63, 3.8) is 0 Å². The van der Waals surface area contributed by atoms with Crippen LogP contribution < -0.4 is 20.4 Å². The summed E-state index contributed by atoms with van der Waals surface area (Å²) in [7, 11) is 0. The first-order valence-corrected chi connectivity index (χ1v) is 21.9. The fourth-order valence-corrected chi connectivity index (χ4v) is 5.01. The van der Waals surface area contributed by atoms with E-state index in [4.69, 9.17) is 35.7 Å². The standard InChI is InChI=1S/C12H16O3.2C10H12O3.C9H10O3.C6H14O.C3H8O.C2H6O.2CH4/c1-8(2)10-5-3-9(4-6-10)7-11(13)12(14)15;2*1-7-2-4-8(5-3-7)6-9(11)10(12)13;10-8(9(11)12)6-7-4-2-1-3-5-7;1-5(2)4-6(3)7;1-3(2)4;1-2-3;;/h3-6,8,11,13H,7H2,1-2H3,(H,14,15);2*2-5,9,11H,6H2,1H3,(H,12,13);1-5,8,10H,6H2,(H,11,12);5-7H,4H2,1-3H3;3-4H,1-2H3;3H,2H2,1H3;2*1H4/p-4/t11-;2*9-;8-;6-;;;;/m00001..../s1. The maximum absolute atomic E-state index is 10.3. The van der Waals surface area contributed by atoms with E-state index in [0.717, 1.165) is 39.8 Å². The van der Waals surface area contributed by atoms with Crippen molar-refractivity contribution < 1.29 is 75.3 Å². The van der Waals surface area contributed by atoms with Gasteiger partial charge >= 0.3 is 0 Å². The molecule has 0 aliphatic carbocycles. The molecule has 0 saturated heterocycles. The van der Waals surface area contributed by atoms with Gasteiger partial charge in [-0.1, -0.05) is 157 Å². The molecule has 4 aromatic carbocycles. The van der Waals surface area contributed by atoms with Crippen LogP contribution >= 0.6 is 0 Å². The number of carbonyl (C=O) groups excluding carboxylic acids is 4. The van der Waals surface area contributed by atoms with E-state index in [-0.39, 0.29) is 59.4 Å². The third-order valence-corrected chi connectivity index (χ3v) is 8.35. The lowest BCUT2D eigenvalue weighted by Crippen LogP contribution is -2.36. The molecule has 0 aromatic heterocycles. The maximum Gasteiger partial charge on any atom is 0.0973 e. The second kappa shape index (κ2) is 42.6. The van der Waals surface area contributed by atoms with Gasteiger partial charge in [0.2, 0.25) is 0 Å². The Morgan fingerprint density at radius 1 is 0.449 bits per heavy atom. The Morgan fingerprint density at radius 2 is 0.681 bits per heavy atom. The lowest BCUT2D eigenvalue weighted by molar-refractivity contribution is -0.316. The number of carboxylic acid groups (broad SMARTS) is 4. The fraction of sp³-hybridized carbons (Fsp3) is 0.481. The fourth-order valence-electron chi connectivity index (χ4n) is 5.01. The normalized spacial score (nSPS) is 11.9. The van der Waals surface area contributed by atoms with Gasteiger partial charge in [-0.2, -0.15) is 0 Å². The molecule has 15 heteroatoms. The van der Waals surface area contributed by atoms with Crippen molar-refractivity contribution in [1.82, 2.24) is 0 Å². The van der Waals surface area contributed by atoms with Gasteiger partial charge in [0.25, 0.3) is 0 Å². The summed E-state index contributed by atoms with van der Waals surface area (Å²) >= 11 is 0. The highest BCUT2D eigenvalue weighted by Crippen LogP contribution is 2.15. The van der Waals surface area contributed by atoms with Crippen molar-refractivity contribution in [2.45, 2.75) is 159 Å². The first kappa shape index (κ1) is 72.5. The quantitative estimate of drug-likeness (QED) is 0.0898. The molecule has 392 valence electrons. The highest BCUT2D eigenvalue weighted by atomic mass is 16.4. The first-order chi connectivity index (χ1) is 31.2. The van der Waals surface area contributed by atoms with E-state index >= 15 is 0 Å². The summed E-state index contributed by atoms with van der Waals surface area (Å²) < 4.78 is 0. The van der Waals surface area contributed by atoms with Crippen LogP contribution in [0, 0.1) is 19.8 Å². The highest BCUT2D eigenvalue weighted by Gasteiger charge is 2.08. The third-order valence-electron chi connectivity index (χ3n) is 8.35. The van der Waals surface area contributed by atoms with Gasteiger partial charge in [-0.3, -0.25) is 0 Å². The average Bonchev–Trinajstić information content (AvgIpc) is 3.23. The largest absolute Gasteiger partial charge is 0.547 e. The SMILES string of the molecule is C.C.CC(C)C[C@@H](C)O.CC(C)O.CC(C)c1ccc(C[C@H](O)C(=O)[O-])cc1.CCO.Cc1ccc(C[C@H](O)C(=O)[O-])cc1.Cc1ccc(C[C@H](O)C(=O)[O-])cc1.O=C([O-])[C@@H](O)Cc1ccccc1. The number of aryl methyl sites for hydroxylation is 2. The number of aliphatic carboxylic acids is 4. The minimum Gasteiger partial charge on any atom is -0.547 e. The monoisotopic (exact) mass is 971 g/mol. The predicted octanol–water partition coefficient (Wildman–Crippen LogP) is 2.17. The minimum atomic E-state index is -1.43. The lowest BCUT2D eigenvalue weighted by Gasteiger charge is -2.12. The number of carboxylic acids is 4. The van der Waals surface area contributed by atoms with Crippen LogP contribution in [0.25, 0.3) is 0 Å². The second-order valence-corrected chi connectivity index (χ2v) is 16.4. The number of hydrogen-bond acceptors (Lipinski definition) is 15. The van der Waals surface area contributed by atoms with Crippen LogP contribution in [0.4, 0.5) is 0 Å². The van der Waals surface area contributed by atoms with E-state index in [2.05, 4.69) is 27.7 Å². The Labute approximate surface area is 411 Å². The van der Waals surface area contributed by atoms with Gasteiger partial charge in [-0.05, 0) is 87.6 Å². The molecule has 69 heavy (non-hydrogen) atoms. The molecule has 7 N–H and O–H groups in total. The van der Waals surface area contributed by atoms with Crippen molar-refractivity contribution in [3.8, 4) is 0 Å². The molecule has 15 nitrogen and oxygen atoms in total. The molecule has 0 fully saturated rings. The van der Waals surface area contributed by atoms with Crippen LogP contribution in [-0.4, -0.2) is 103 Å². The van der Waals surface area contributed by atoms with Crippen molar-refractivity contribution in [2.24, 2.45) is 5.92 Å².